The summed E-state index contributed by atoms with van der Waals surface area (Å²) in [5, 5.41) is 9.44. The van der Waals surface area contributed by atoms with Gasteiger partial charge in [0, 0.05) is 18.4 Å². The fourth-order valence-electron chi connectivity index (χ4n) is 3.30. The van der Waals surface area contributed by atoms with Crippen molar-refractivity contribution in [1.82, 2.24) is 0 Å². The summed E-state index contributed by atoms with van der Waals surface area (Å²) in [6.45, 7) is 0. The second-order valence-corrected chi connectivity index (χ2v) is 5.19. The number of nitrogens with zero attached hydrogens (tertiary/aromatic N) is 1. The molecule has 1 heterocycles. The standard InChI is InChI=1S/C15H15NO3/c1-18-12-8-11(17)13-14(12)15(13,9-16)6-2-4-10-5-3-7-19-10/h3,5,7-8,13-14H,2,4,6H2,1H3/t13-,14+,15+/m1/s1. The van der Waals surface area contributed by atoms with Crippen molar-refractivity contribution in [3.63, 3.8) is 0 Å². The molecule has 0 aromatic carbocycles. The molecule has 0 radical (unpaired) electrons. The SMILES string of the molecule is COC1=CC(=O)[C@@H]2[C@H]1[C@]2(C#N)CCCc1ccco1. The van der Waals surface area contributed by atoms with Gasteiger partial charge in [0.2, 0.25) is 0 Å². The van der Waals surface area contributed by atoms with Gasteiger partial charge in [-0.3, -0.25) is 4.79 Å². The van der Waals surface area contributed by atoms with Crippen LogP contribution in [-0.4, -0.2) is 12.9 Å². The summed E-state index contributed by atoms with van der Waals surface area (Å²) < 4.78 is 10.5. The zero-order valence-corrected chi connectivity index (χ0v) is 10.8. The van der Waals surface area contributed by atoms with Crippen LogP contribution in [-0.2, 0) is 16.0 Å². The van der Waals surface area contributed by atoms with Gasteiger partial charge in [-0.25, -0.2) is 0 Å². The second kappa shape index (κ2) is 4.27. The van der Waals surface area contributed by atoms with Gasteiger partial charge >= 0.3 is 0 Å². The third-order valence-electron chi connectivity index (χ3n) is 4.27. The molecule has 0 aliphatic heterocycles. The van der Waals surface area contributed by atoms with Gasteiger partial charge in [0.1, 0.15) is 11.5 Å². The lowest BCUT2D eigenvalue weighted by Gasteiger charge is -2.11. The van der Waals surface area contributed by atoms with Crippen LogP contribution in [0.3, 0.4) is 0 Å². The van der Waals surface area contributed by atoms with E-state index in [2.05, 4.69) is 6.07 Å². The number of carbonyl (C=O) groups excluding carboxylic acids is 1. The van der Waals surface area contributed by atoms with Gasteiger partial charge in [0.25, 0.3) is 0 Å². The molecule has 98 valence electrons. The van der Waals surface area contributed by atoms with Gasteiger partial charge in [-0.05, 0) is 25.0 Å². The van der Waals surface area contributed by atoms with E-state index in [1.54, 1.807) is 13.4 Å². The fourth-order valence-corrected chi connectivity index (χ4v) is 3.30. The molecule has 2 aliphatic carbocycles. The Balaban J connectivity index is 1.66. The van der Waals surface area contributed by atoms with Crippen LogP contribution < -0.4 is 0 Å². The highest BCUT2D eigenvalue weighted by Crippen LogP contribution is 2.67. The third-order valence-corrected chi connectivity index (χ3v) is 4.27. The predicted molar refractivity (Wildman–Crippen MR) is 66.8 cm³/mol. The number of ketones is 1. The van der Waals surface area contributed by atoms with Crippen LogP contribution in [0.2, 0.25) is 0 Å². The Hall–Kier alpha value is -2.02. The van der Waals surface area contributed by atoms with E-state index in [1.807, 2.05) is 12.1 Å². The number of ether oxygens (including phenoxy) is 1. The normalized spacial score (nSPS) is 31.6. The highest BCUT2D eigenvalue weighted by Gasteiger charge is 2.72. The molecular weight excluding hydrogens is 242 g/mol. The van der Waals surface area contributed by atoms with Crippen LogP contribution in [0.4, 0.5) is 0 Å². The zero-order chi connectivity index (χ0) is 13.5. The lowest BCUT2D eigenvalue weighted by Crippen LogP contribution is -2.11. The van der Waals surface area contributed by atoms with Crippen molar-refractivity contribution >= 4 is 5.78 Å². The predicted octanol–water partition coefficient (Wildman–Crippen LogP) is 2.47. The van der Waals surface area contributed by atoms with Crippen molar-refractivity contribution in [2.45, 2.75) is 19.3 Å². The summed E-state index contributed by atoms with van der Waals surface area (Å²) in [6, 6.07) is 6.14. The summed E-state index contributed by atoms with van der Waals surface area (Å²) in [4.78, 5) is 11.8. The first-order chi connectivity index (χ1) is 9.23. The van der Waals surface area contributed by atoms with Gasteiger partial charge in [-0.1, -0.05) is 0 Å². The monoisotopic (exact) mass is 257 g/mol. The maximum atomic E-state index is 11.8. The number of fused-ring (bicyclic) bond motifs is 1. The topological polar surface area (TPSA) is 63.2 Å². The van der Waals surface area contributed by atoms with Crippen LogP contribution in [0.1, 0.15) is 18.6 Å². The average molecular weight is 257 g/mol. The van der Waals surface area contributed by atoms with E-state index in [4.69, 9.17) is 9.15 Å². The van der Waals surface area contributed by atoms with Crippen molar-refractivity contribution in [3.8, 4) is 6.07 Å². The van der Waals surface area contributed by atoms with Crippen molar-refractivity contribution in [2.24, 2.45) is 17.3 Å². The van der Waals surface area contributed by atoms with Crippen LogP contribution in [0.5, 0.6) is 0 Å². The number of carbonyl (C=O) groups is 1. The number of methoxy groups -OCH3 is 1. The molecule has 0 spiro atoms. The number of furan rings is 1. The number of nitriles is 1. The molecule has 3 atom stereocenters. The van der Waals surface area contributed by atoms with Crippen LogP contribution >= 0.6 is 0 Å². The molecule has 3 rings (SSSR count). The number of hydrogen-bond acceptors (Lipinski definition) is 4. The van der Waals surface area contributed by atoms with Crippen LogP contribution in [0.15, 0.2) is 34.6 Å². The molecule has 1 saturated carbocycles. The summed E-state index contributed by atoms with van der Waals surface area (Å²) in [5.41, 5.74) is -0.538. The fraction of sp³-hybridized carbons (Fsp3) is 0.467. The maximum Gasteiger partial charge on any atom is 0.164 e. The average Bonchev–Trinajstić information content (AvgIpc) is 2.75. The highest BCUT2D eigenvalue weighted by atomic mass is 16.5. The largest absolute Gasteiger partial charge is 0.501 e. The smallest absolute Gasteiger partial charge is 0.164 e. The number of hydrogen-bond donors (Lipinski definition) is 0. The van der Waals surface area contributed by atoms with E-state index in [0.717, 1.165) is 18.6 Å². The van der Waals surface area contributed by atoms with Gasteiger partial charge < -0.3 is 9.15 Å². The van der Waals surface area contributed by atoms with Crippen molar-refractivity contribution < 1.29 is 13.9 Å². The van der Waals surface area contributed by atoms with Gasteiger partial charge in [-0.2, -0.15) is 5.26 Å². The molecular formula is C15H15NO3. The molecule has 0 amide bonds. The van der Waals surface area contributed by atoms with E-state index in [9.17, 15) is 10.1 Å². The molecule has 4 heteroatoms. The Morgan fingerprint density at radius 3 is 3.00 bits per heavy atom. The Labute approximate surface area is 111 Å². The van der Waals surface area contributed by atoms with E-state index in [0.29, 0.717) is 12.2 Å². The molecule has 1 aromatic heterocycles. The number of aryl methyl sites for hydroxylation is 1. The van der Waals surface area contributed by atoms with Gasteiger partial charge in [-0.15, -0.1) is 0 Å². The Morgan fingerprint density at radius 2 is 2.37 bits per heavy atom. The van der Waals surface area contributed by atoms with E-state index >= 15 is 0 Å². The Kier molecular flexibility index (Phi) is 2.70. The molecule has 4 nitrogen and oxygen atoms in total. The van der Waals surface area contributed by atoms with Crippen LogP contribution in [0.25, 0.3) is 0 Å². The van der Waals surface area contributed by atoms with E-state index < -0.39 is 5.41 Å². The van der Waals surface area contributed by atoms with Gasteiger partial charge in [0.15, 0.2) is 5.78 Å². The summed E-state index contributed by atoms with van der Waals surface area (Å²) in [6.07, 6.45) is 5.55. The van der Waals surface area contributed by atoms with Gasteiger partial charge in [0.05, 0.1) is 30.8 Å². The van der Waals surface area contributed by atoms with E-state index in [-0.39, 0.29) is 17.6 Å². The molecule has 0 unspecified atom stereocenters. The Bertz CT molecular complexity index is 567. The Morgan fingerprint density at radius 1 is 1.53 bits per heavy atom. The molecule has 0 saturated heterocycles. The molecule has 1 aromatic rings. The molecule has 0 N–H and O–H groups in total. The number of rotatable bonds is 5. The number of allylic oxidation sites excluding steroid dienone is 2. The first kappa shape index (κ1) is 12.0. The first-order valence-electron chi connectivity index (χ1n) is 6.46. The van der Waals surface area contributed by atoms with Crippen molar-refractivity contribution in [1.29, 1.82) is 5.26 Å². The second-order valence-electron chi connectivity index (χ2n) is 5.19. The summed E-state index contributed by atoms with van der Waals surface area (Å²) in [7, 11) is 1.56. The summed E-state index contributed by atoms with van der Waals surface area (Å²) >= 11 is 0. The quantitative estimate of drug-likeness (QED) is 0.812. The van der Waals surface area contributed by atoms with Crippen molar-refractivity contribution in [2.75, 3.05) is 7.11 Å². The van der Waals surface area contributed by atoms with Crippen LogP contribution in [0, 0.1) is 28.6 Å². The van der Waals surface area contributed by atoms with Crippen molar-refractivity contribution in [3.05, 3.63) is 36.0 Å². The molecule has 1 fully saturated rings. The van der Waals surface area contributed by atoms with E-state index in [1.165, 1.54) is 6.08 Å². The lowest BCUT2D eigenvalue weighted by atomic mass is 9.92. The minimum Gasteiger partial charge on any atom is -0.501 e. The molecule has 2 aliphatic rings. The summed E-state index contributed by atoms with van der Waals surface area (Å²) in [5.74, 6) is 1.44. The third kappa shape index (κ3) is 1.69. The molecule has 19 heavy (non-hydrogen) atoms. The minimum absolute atomic E-state index is 0.0217. The minimum atomic E-state index is -0.538. The lowest BCUT2D eigenvalue weighted by molar-refractivity contribution is -0.116. The maximum absolute atomic E-state index is 11.8. The molecule has 0 bridgehead atoms. The first-order valence-corrected chi connectivity index (χ1v) is 6.46. The zero-order valence-electron chi connectivity index (χ0n) is 10.8. The highest BCUT2D eigenvalue weighted by molar-refractivity contribution is 6.00.